The molecule has 0 spiro atoms. The lowest BCUT2D eigenvalue weighted by Crippen LogP contribution is -2.57. The first-order chi connectivity index (χ1) is 19.1. The van der Waals surface area contributed by atoms with Gasteiger partial charge in [0.05, 0.1) is 6.54 Å². The second-order valence-corrected chi connectivity index (χ2v) is 11.6. The second kappa shape index (κ2) is 17.2. The van der Waals surface area contributed by atoms with Gasteiger partial charge in [0.25, 0.3) is 0 Å². The molecule has 0 aromatic rings. The first kappa shape index (κ1) is 36.2. The fourth-order valence-corrected chi connectivity index (χ4v) is 5.52. The number of carboxylic acid groups (broad SMARTS) is 4. The number of carbonyl (C=O) groups is 5. The van der Waals surface area contributed by atoms with E-state index in [0.29, 0.717) is 0 Å². The summed E-state index contributed by atoms with van der Waals surface area (Å²) in [6.45, 7) is 12.1. The average Bonchev–Trinajstić information content (AvgIpc) is 2.82. The number of hydrogen-bond acceptors (Lipinski definition) is 9. The van der Waals surface area contributed by atoms with Gasteiger partial charge in [0, 0.05) is 52.4 Å². The first-order valence-electron chi connectivity index (χ1n) is 14.2. The van der Waals surface area contributed by atoms with E-state index in [4.69, 9.17) is 5.11 Å². The van der Waals surface area contributed by atoms with Crippen LogP contribution < -0.4 is 5.32 Å². The minimum Gasteiger partial charge on any atom is -0.480 e. The Labute approximate surface area is 242 Å². The monoisotopic (exact) mass is 587 g/mol. The number of nitrogens with one attached hydrogen (secondary N) is 1. The highest BCUT2D eigenvalue weighted by Crippen LogP contribution is 2.18. The van der Waals surface area contributed by atoms with Crippen LogP contribution in [-0.2, 0) is 24.0 Å². The van der Waals surface area contributed by atoms with Crippen LogP contribution in [0.1, 0.15) is 41.5 Å². The van der Waals surface area contributed by atoms with E-state index in [1.165, 1.54) is 0 Å². The average molecular weight is 588 g/mol. The van der Waals surface area contributed by atoms with Crippen LogP contribution in [-0.4, -0.2) is 153 Å². The molecule has 0 aromatic heterocycles. The van der Waals surface area contributed by atoms with Crippen molar-refractivity contribution < 1.29 is 44.4 Å². The third-order valence-corrected chi connectivity index (χ3v) is 7.39. The minimum absolute atomic E-state index is 0.144. The topological polar surface area (TPSA) is 191 Å². The third kappa shape index (κ3) is 11.9. The molecule has 0 saturated carbocycles. The van der Waals surface area contributed by atoms with Crippen molar-refractivity contribution in [2.45, 2.75) is 59.7 Å². The largest absolute Gasteiger partial charge is 0.480 e. The van der Waals surface area contributed by atoms with E-state index in [1.807, 2.05) is 0 Å². The molecule has 41 heavy (non-hydrogen) atoms. The number of nitrogens with zero attached hydrogens (tertiary/aromatic N) is 4. The predicted molar refractivity (Wildman–Crippen MR) is 151 cm³/mol. The van der Waals surface area contributed by atoms with Gasteiger partial charge in [0.2, 0.25) is 5.91 Å². The Hall–Kier alpha value is -2.81. The molecule has 3 unspecified atom stereocenters. The maximum absolute atomic E-state index is 12.5. The van der Waals surface area contributed by atoms with Crippen LogP contribution in [0.15, 0.2) is 0 Å². The van der Waals surface area contributed by atoms with E-state index < -0.39 is 54.5 Å². The molecule has 0 bridgehead atoms. The van der Waals surface area contributed by atoms with Gasteiger partial charge in [-0.15, -0.1) is 0 Å². The third-order valence-electron chi connectivity index (χ3n) is 7.39. The summed E-state index contributed by atoms with van der Waals surface area (Å²) in [5.41, 5.74) is 0. The van der Waals surface area contributed by atoms with Crippen molar-refractivity contribution in [3.63, 3.8) is 0 Å². The van der Waals surface area contributed by atoms with E-state index in [2.05, 4.69) is 5.32 Å². The Morgan fingerprint density at radius 1 is 0.561 bits per heavy atom. The molecule has 236 valence electrons. The predicted octanol–water partition coefficient (Wildman–Crippen LogP) is -0.264. The summed E-state index contributed by atoms with van der Waals surface area (Å²) < 4.78 is 0. The number of hydrogen-bond donors (Lipinski definition) is 5. The van der Waals surface area contributed by atoms with Crippen molar-refractivity contribution in [1.82, 2.24) is 24.9 Å². The van der Waals surface area contributed by atoms with E-state index in [-0.39, 0.29) is 76.7 Å². The van der Waals surface area contributed by atoms with Crippen LogP contribution in [0.3, 0.4) is 0 Å². The van der Waals surface area contributed by atoms with Gasteiger partial charge >= 0.3 is 23.9 Å². The van der Waals surface area contributed by atoms with Gasteiger partial charge in [-0.2, -0.15) is 0 Å². The van der Waals surface area contributed by atoms with Crippen LogP contribution >= 0.6 is 0 Å². The zero-order valence-electron chi connectivity index (χ0n) is 25.2. The fraction of sp³-hybridized carbons (Fsp3) is 0.815. The van der Waals surface area contributed by atoms with Gasteiger partial charge in [-0.05, 0) is 17.8 Å². The van der Waals surface area contributed by atoms with Crippen LogP contribution in [0, 0.1) is 17.8 Å². The van der Waals surface area contributed by atoms with Crippen molar-refractivity contribution in [2.24, 2.45) is 17.8 Å². The van der Waals surface area contributed by atoms with Crippen LogP contribution in [0.4, 0.5) is 0 Å². The van der Waals surface area contributed by atoms with Gasteiger partial charge in [0.15, 0.2) is 0 Å². The molecule has 1 rings (SSSR count). The maximum Gasteiger partial charge on any atom is 0.322 e. The lowest BCUT2D eigenvalue weighted by molar-refractivity contribution is -0.149. The Bertz CT molecular complexity index is 856. The van der Waals surface area contributed by atoms with Crippen LogP contribution in [0.25, 0.3) is 0 Å². The van der Waals surface area contributed by atoms with Crippen molar-refractivity contribution in [1.29, 1.82) is 0 Å². The van der Waals surface area contributed by atoms with Gasteiger partial charge in [-0.3, -0.25) is 43.6 Å². The molecular weight excluding hydrogens is 538 g/mol. The zero-order chi connectivity index (χ0) is 31.4. The van der Waals surface area contributed by atoms with Crippen molar-refractivity contribution in [3.8, 4) is 0 Å². The number of carboxylic acids is 4. The Balaban J connectivity index is 3.46. The Morgan fingerprint density at radius 2 is 0.854 bits per heavy atom. The van der Waals surface area contributed by atoms with E-state index in [0.717, 1.165) is 0 Å². The summed E-state index contributed by atoms with van der Waals surface area (Å²) in [6.07, 6.45) is 0. The molecule has 1 heterocycles. The second-order valence-electron chi connectivity index (χ2n) is 11.6. The summed E-state index contributed by atoms with van der Waals surface area (Å²) in [7, 11) is 0. The van der Waals surface area contributed by atoms with Crippen molar-refractivity contribution in [3.05, 3.63) is 0 Å². The molecule has 1 saturated heterocycles. The highest BCUT2D eigenvalue weighted by Gasteiger charge is 2.35. The number of aliphatic carboxylic acids is 4. The molecule has 1 aliphatic heterocycles. The summed E-state index contributed by atoms with van der Waals surface area (Å²) in [5, 5.41) is 41.3. The standard InChI is InChI=1S/C27H49N5O9/c1-17(2)22(25(36)37)30-9-7-29(16-20(33)28-15-21(34)35)8-10-31(23(18(3)4)26(38)39)12-14-32(13-11-30)24(19(5)6)27(40)41/h17-19,22-24H,7-16H2,1-6H3,(H,28,33)(H,34,35)(H,36,37)(H,38,39)(H,40,41). The highest BCUT2D eigenvalue weighted by atomic mass is 16.4. The quantitative estimate of drug-likeness (QED) is 0.189. The molecule has 1 fully saturated rings. The first-order valence-corrected chi connectivity index (χ1v) is 14.2. The molecule has 5 N–H and O–H groups in total. The molecule has 0 aromatic carbocycles. The van der Waals surface area contributed by atoms with Gasteiger partial charge < -0.3 is 25.7 Å². The smallest absolute Gasteiger partial charge is 0.322 e. The van der Waals surface area contributed by atoms with Gasteiger partial charge in [-0.25, -0.2) is 0 Å². The molecule has 14 heteroatoms. The number of amides is 1. The Kier molecular flexibility index (Phi) is 15.2. The number of carbonyl (C=O) groups excluding carboxylic acids is 1. The highest BCUT2D eigenvalue weighted by molar-refractivity contribution is 5.82. The maximum atomic E-state index is 12.5. The van der Waals surface area contributed by atoms with Crippen molar-refractivity contribution in [2.75, 3.05) is 65.4 Å². The molecular formula is C27H49N5O9. The van der Waals surface area contributed by atoms with E-state index >= 15 is 0 Å². The molecule has 0 aliphatic carbocycles. The lowest BCUT2D eigenvalue weighted by Gasteiger charge is -2.40. The van der Waals surface area contributed by atoms with Gasteiger partial charge in [0.1, 0.15) is 24.7 Å². The lowest BCUT2D eigenvalue weighted by atomic mass is 10.0. The van der Waals surface area contributed by atoms with Gasteiger partial charge in [-0.1, -0.05) is 41.5 Å². The fourth-order valence-electron chi connectivity index (χ4n) is 5.52. The van der Waals surface area contributed by atoms with E-state index in [1.54, 1.807) is 61.1 Å². The molecule has 1 aliphatic rings. The summed E-state index contributed by atoms with van der Waals surface area (Å²) in [5.74, 6) is -5.45. The molecule has 1 amide bonds. The Morgan fingerprint density at radius 3 is 1.10 bits per heavy atom. The number of rotatable bonds is 13. The SMILES string of the molecule is CC(C)C(C(=O)O)N1CCN(CC(=O)NCC(=O)O)CCN(C(C(=O)O)C(C)C)CCN(C(C(=O)O)C(C)C)CC1. The summed E-state index contributed by atoms with van der Waals surface area (Å²) in [4.78, 5) is 67.3. The van der Waals surface area contributed by atoms with Crippen LogP contribution in [0.2, 0.25) is 0 Å². The van der Waals surface area contributed by atoms with Crippen LogP contribution in [0.5, 0.6) is 0 Å². The molecule has 14 nitrogen and oxygen atoms in total. The molecule has 3 atom stereocenters. The summed E-state index contributed by atoms with van der Waals surface area (Å²) >= 11 is 0. The minimum atomic E-state index is -1.18. The zero-order valence-corrected chi connectivity index (χ0v) is 25.2. The molecule has 0 radical (unpaired) electrons. The summed E-state index contributed by atoms with van der Waals surface area (Å²) in [6, 6.07) is -2.54. The van der Waals surface area contributed by atoms with E-state index in [9.17, 15) is 39.3 Å². The van der Waals surface area contributed by atoms with Crippen molar-refractivity contribution >= 4 is 29.8 Å². The normalized spacial score (nSPS) is 19.7.